The molecule has 1 fully saturated rings. The zero-order valence-electron chi connectivity index (χ0n) is 13.3. The standard InChI is InChI=1S/C18H17N3O2S/c1-21-8-7-13(9-16(21)22)17(23)14(10-19)18-20-15(11-24-18)12-5-3-2-4-6-12/h2-6,11,13-14H,7-9H2,1H3/t13-,14-/m1/s1. The lowest BCUT2D eigenvalue weighted by molar-refractivity contribution is -0.138. The molecule has 1 saturated heterocycles. The molecule has 122 valence electrons. The topological polar surface area (TPSA) is 74.1 Å². The van der Waals surface area contributed by atoms with Crippen LogP contribution in [0.5, 0.6) is 0 Å². The molecular formula is C18H17N3O2S. The van der Waals surface area contributed by atoms with E-state index in [1.165, 1.54) is 11.3 Å². The van der Waals surface area contributed by atoms with Gasteiger partial charge in [-0.1, -0.05) is 30.3 Å². The average Bonchev–Trinajstić information content (AvgIpc) is 3.08. The van der Waals surface area contributed by atoms with Crippen LogP contribution in [0.4, 0.5) is 0 Å². The number of hydrogen-bond donors (Lipinski definition) is 0. The van der Waals surface area contributed by atoms with Crippen molar-refractivity contribution in [2.45, 2.75) is 18.8 Å². The number of amides is 1. The first-order valence-electron chi connectivity index (χ1n) is 7.78. The van der Waals surface area contributed by atoms with Gasteiger partial charge in [-0.3, -0.25) is 9.59 Å². The number of carbonyl (C=O) groups excluding carboxylic acids is 2. The largest absolute Gasteiger partial charge is 0.346 e. The van der Waals surface area contributed by atoms with Gasteiger partial charge in [0.2, 0.25) is 5.91 Å². The van der Waals surface area contributed by atoms with Gasteiger partial charge in [-0.05, 0) is 6.42 Å². The summed E-state index contributed by atoms with van der Waals surface area (Å²) in [6, 6.07) is 11.7. The van der Waals surface area contributed by atoms with Gasteiger partial charge in [-0.25, -0.2) is 4.98 Å². The monoisotopic (exact) mass is 339 g/mol. The molecule has 0 N–H and O–H groups in total. The minimum absolute atomic E-state index is 0.0413. The Morgan fingerprint density at radius 3 is 2.83 bits per heavy atom. The lowest BCUT2D eigenvalue weighted by atomic mass is 9.86. The quantitative estimate of drug-likeness (QED) is 0.858. The van der Waals surface area contributed by atoms with Crippen molar-refractivity contribution in [1.82, 2.24) is 9.88 Å². The summed E-state index contributed by atoms with van der Waals surface area (Å²) in [5, 5.41) is 11.8. The van der Waals surface area contributed by atoms with Gasteiger partial charge in [0.1, 0.15) is 5.01 Å². The first-order valence-corrected chi connectivity index (χ1v) is 8.66. The molecule has 3 rings (SSSR count). The molecule has 1 aliphatic rings. The number of aromatic nitrogens is 1. The highest BCUT2D eigenvalue weighted by molar-refractivity contribution is 7.10. The molecule has 0 saturated carbocycles. The molecule has 24 heavy (non-hydrogen) atoms. The maximum atomic E-state index is 12.7. The number of likely N-dealkylation sites (tertiary alicyclic amines) is 1. The molecule has 0 aliphatic carbocycles. The van der Waals surface area contributed by atoms with Crippen LogP contribution < -0.4 is 0 Å². The third-order valence-corrected chi connectivity index (χ3v) is 5.22. The fourth-order valence-electron chi connectivity index (χ4n) is 2.82. The van der Waals surface area contributed by atoms with E-state index >= 15 is 0 Å². The van der Waals surface area contributed by atoms with E-state index in [2.05, 4.69) is 11.1 Å². The van der Waals surface area contributed by atoms with Crippen molar-refractivity contribution in [1.29, 1.82) is 5.26 Å². The molecule has 0 unspecified atom stereocenters. The summed E-state index contributed by atoms with van der Waals surface area (Å²) in [5.74, 6) is -1.51. The maximum absolute atomic E-state index is 12.7. The molecule has 2 atom stereocenters. The van der Waals surface area contributed by atoms with Gasteiger partial charge in [0, 0.05) is 36.9 Å². The maximum Gasteiger partial charge on any atom is 0.223 e. The first kappa shape index (κ1) is 16.3. The Morgan fingerprint density at radius 2 is 2.17 bits per heavy atom. The van der Waals surface area contributed by atoms with Crippen LogP contribution in [-0.4, -0.2) is 35.2 Å². The summed E-state index contributed by atoms with van der Waals surface area (Å²) < 4.78 is 0. The Balaban J connectivity index is 1.80. The number of rotatable bonds is 4. The van der Waals surface area contributed by atoms with E-state index in [4.69, 9.17) is 0 Å². The number of nitrogens with zero attached hydrogens (tertiary/aromatic N) is 3. The van der Waals surface area contributed by atoms with Gasteiger partial charge in [0.25, 0.3) is 0 Å². The number of carbonyl (C=O) groups is 2. The predicted octanol–water partition coefficient (Wildman–Crippen LogP) is 2.85. The van der Waals surface area contributed by atoms with Gasteiger partial charge >= 0.3 is 0 Å². The third-order valence-electron chi connectivity index (χ3n) is 4.31. The van der Waals surface area contributed by atoms with Crippen LogP contribution in [0.25, 0.3) is 11.3 Å². The SMILES string of the molecule is CN1CC[C@@H](C(=O)[C@@H](C#N)c2nc(-c3ccccc3)cs2)CC1=O. The number of thiazole rings is 1. The van der Waals surface area contributed by atoms with E-state index < -0.39 is 5.92 Å². The van der Waals surface area contributed by atoms with Crippen molar-refractivity contribution in [3.63, 3.8) is 0 Å². The molecule has 5 nitrogen and oxygen atoms in total. The number of hydrogen-bond acceptors (Lipinski definition) is 5. The van der Waals surface area contributed by atoms with Gasteiger partial charge in [-0.2, -0.15) is 5.26 Å². The highest BCUT2D eigenvalue weighted by Gasteiger charge is 2.35. The minimum atomic E-state index is -0.895. The van der Waals surface area contributed by atoms with E-state index in [0.717, 1.165) is 11.3 Å². The van der Waals surface area contributed by atoms with E-state index in [1.807, 2.05) is 35.7 Å². The van der Waals surface area contributed by atoms with Crippen molar-refractivity contribution >= 4 is 23.0 Å². The molecule has 1 aromatic carbocycles. The number of ketones is 1. The summed E-state index contributed by atoms with van der Waals surface area (Å²) in [4.78, 5) is 30.6. The average molecular weight is 339 g/mol. The number of benzene rings is 1. The molecule has 0 spiro atoms. The summed E-state index contributed by atoms with van der Waals surface area (Å²) in [6.07, 6.45) is 0.792. The number of Topliss-reactive ketones (excluding diaryl/α,β-unsaturated/α-hetero) is 1. The summed E-state index contributed by atoms with van der Waals surface area (Å²) in [6.45, 7) is 0.556. The van der Waals surface area contributed by atoms with Crippen molar-refractivity contribution in [2.75, 3.05) is 13.6 Å². The lowest BCUT2D eigenvalue weighted by Gasteiger charge is -2.28. The smallest absolute Gasteiger partial charge is 0.223 e. The molecular weight excluding hydrogens is 322 g/mol. The molecule has 6 heteroatoms. The Kier molecular flexibility index (Phi) is 4.72. The summed E-state index contributed by atoms with van der Waals surface area (Å²) in [7, 11) is 1.73. The van der Waals surface area contributed by atoms with Crippen molar-refractivity contribution in [3.8, 4) is 17.3 Å². The van der Waals surface area contributed by atoms with Gasteiger partial charge in [0.15, 0.2) is 11.7 Å². The van der Waals surface area contributed by atoms with Crippen LogP contribution in [0.1, 0.15) is 23.8 Å². The number of nitriles is 1. The highest BCUT2D eigenvalue weighted by atomic mass is 32.1. The van der Waals surface area contributed by atoms with Crippen LogP contribution >= 0.6 is 11.3 Å². The van der Waals surface area contributed by atoms with Crippen molar-refractivity contribution in [2.24, 2.45) is 5.92 Å². The predicted molar refractivity (Wildman–Crippen MR) is 91.3 cm³/mol. The Bertz CT molecular complexity index is 794. The summed E-state index contributed by atoms with van der Waals surface area (Å²) >= 11 is 1.32. The first-order chi connectivity index (χ1) is 11.6. The van der Waals surface area contributed by atoms with Gasteiger partial charge in [-0.15, -0.1) is 11.3 Å². The fourth-order valence-corrected chi connectivity index (χ4v) is 3.70. The fraction of sp³-hybridized carbons (Fsp3) is 0.333. The zero-order valence-corrected chi connectivity index (χ0v) is 14.1. The van der Waals surface area contributed by atoms with Crippen LogP contribution in [-0.2, 0) is 9.59 Å². The van der Waals surface area contributed by atoms with E-state index in [9.17, 15) is 14.9 Å². The van der Waals surface area contributed by atoms with Crippen molar-refractivity contribution < 1.29 is 9.59 Å². The lowest BCUT2D eigenvalue weighted by Crippen LogP contribution is -2.39. The van der Waals surface area contributed by atoms with Crippen LogP contribution in [0, 0.1) is 17.2 Å². The van der Waals surface area contributed by atoms with Crippen LogP contribution in [0.2, 0.25) is 0 Å². The Labute approximate surface area is 144 Å². The summed E-state index contributed by atoms with van der Waals surface area (Å²) in [5.41, 5.74) is 1.72. The normalized spacial score (nSPS) is 18.9. The second kappa shape index (κ2) is 6.93. The number of piperidine rings is 1. The second-order valence-corrected chi connectivity index (χ2v) is 6.80. The molecule has 1 aromatic heterocycles. The molecule has 0 radical (unpaired) electrons. The molecule has 1 amide bonds. The molecule has 1 aliphatic heterocycles. The minimum Gasteiger partial charge on any atom is -0.346 e. The van der Waals surface area contributed by atoms with Crippen LogP contribution in [0.15, 0.2) is 35.7 Å². The van der Waals surface area contributed by atoms with E-state index in [-0.39, 0.29) is 24.0 Å². The molecule has 2 heterocycles. The van der Waals surface area contributed by atoms with Crippen molar-refractivity contribution in [3.05, 3.63) is 40.7 Å². The Hall–Kier alpha value is -2.52. The second-order valence-electron chi connectivity index (χ2n) is 5.91. The Morgan fingerprint density at radius 1 is 1.42 bits per heavy atom. The zero-order chi connectivity index (χ0) is 17.1. The third kappa shape index (κ3) is 3.22. The van der Waals surface area contributed by atoms with E-state index in [1.54, 1.807) is 11.9 Å². The molecule has 0 bridgehead atoms. The van der Waals surface area contributed by atoms with Gasteiger partial charge < -0.3 is 4.90 Å². The van der Waals surface area contributed by atoms with Gasteiger partial charge in [0.05, 0.1) is 11.8 Å². The van der Waals surface area contributed by atoms with Crippen LogP contribution in [0.3, 0.4) is 0 Å². The highest BCUT2D eigenvalue weighted by Crippen LogP contribution is 2.31. The molecule has 2 aromatic rings. The van der Waals surface area contributed by atoms with E-state index in [0.29, 0.717) is 18.0 Å².